The molecule has 0 bridgehead atoms. The quantitative estimate of drug-likeness (QED) is 0.878. The molecule has 1 fully saturated rings. The van der Waals surface area contributed by atoms with Crippen LogP contribution in [0.4, 0.5) is 0 Å². The highest BCUT2D eigenvalue weighted by atomic mass is 16.4. The van der Waals surface area contributed by atoms with Gasteiger partial charge in [0.15, 0.2) is 0 Å². The number of carbonyl (C=O) groups is 1. The number of hydrogen-bond donors (Lipinski definition) is 1. The van der Waals surface area contributed by atoms with E-state index in [1.165, 1.54) is 38.5 Å². The molecule has 0 aliphatic heterocycles. The summed E-state index contributed by atoms with van der Waals surface area (Å²) in [6, 6.07) is 2.32. The average molecular weight is 263 g/mol. The Morgan fingerprint density at radius 2 is 1.95 bits per heavy atom. The number of aryl methyl sites for hydroxylation is 1. The molecular formula is C16H25NO2. The lowest BCUT2D eigenvalue weighted by Gasteiger charge is -2.31. The van der Waals surface area contributed by atoms with Crippen LogP contribution in [0.3, 0.4) is 0 Å². The Bertz CT molecular complexity index is 454. The van der Waals surface area contributed by atoms with E-state index in [4.69, 9.17) is 0 Å². The lowest BCUT2D eigenvalue weighted by Crippen LogP contribution is -2.20. The molecule has 1 N–H and O–H groups in total. The molecule has 1 heterocycles. The molecule has 2 rings (SSSR count). The molecule has 106 valence electrons. The molecule has 1 saturated carbocycles. The minimum Gasteiger partial charge on any atom is -0.478 e. The summed E-state index contributed by atoms with van der Waals surface area (Å²) < 4.78 is 2.26. The third kappa shape index (κ3) is 2.85. The zero-order valence-corrected chi connectivity index (χ0v) is 12.3. The van der Waals surface area contributed by atoms with Crippen LogP contribution in [0.2, 0.25) is 0 Å². The average Bonchev–Trinajstić information content (AvgIpc) is 2.67. The normalized spacial score (nSPS) is 23.5. The van der Waals surface area contributed by atoms with Crippen molar-refractivity contribution in [1.29, 1.82) is 0 Å². The molecule has 1 aliphatic rings. The fourth-order valence-corrected chi connectivity index (χ4v) is 3.66. The zero-order valence-electron chi connectivity index (χ0n) is 12.3. The van der Waals surface area contributed by atoms with Crippen molar-refractivity contribution in [3.63, 3.8) is 0 Å². The van der Waals surface area contributed by atoms with Crippen molar-refractivity contribution in [2.75, 3.05) is 0 Å². The number of carboxylic acid groups (broad SMARTS) is 1. The molecule has 0 unspecified atom stereocenters. The third-order valence-corrected chi connectivity index (χ3v) is 4.59. The van der Waals surface area contributed by atoms with Crippen LogP contribution in [0.1, 0.15) is 73.2 Å². The number of carboxylic acids is 1. The van der Waals surface area contributed by atoms with Crippen LogP contribution < -0.4 is 0 Å². The van der Waals surface area contributed by atoms with Gasteiger partial charge in [-0.1, -0.05) is 19.8 Å². The molecule has 0 radical (unpaired) electrons. The van der Waals surface area contributed by atoms with Crippen LogP contribution in [0.5, 0.6) is 0 Å². The molecule has 3 nitrogen and oxygen atoms in total. The van der Waals surface area contributed by atoms with E-state index in [9.17, 15) is 9.90 Å². The minimum absolute atomic E-state index is 0.466. The number of aromatic carboxylic acids is 1. The van der Waals surface area contributed by atoms with Crippen molar-refractivity contribution in [3.05, 3.63) is 23.0 Å². The molecule has 19 heavy (non-hydrogen) atoms. The van der Waals surface area contributed by atoms with E-state index in [1.54, 1.807) is 0 Å². The summed E-state index contributed by atoms with van der Waals surface area (Å²) in [7, 11) is 0. The molecule has 0 saturated heterocycles. The topological polar surface area (TPSA) is 42.2 Å². The molecule has 1 aliphatic carbocycles. The van der Waals surface area contributed by atoms with Crippen LogP contribution in [0.15, 0.2) is 6.07 Å². The summed E-state index contributed by atoms with van der Waals surface area (Å²) in [5.74, 6) is 0.0791. The van der Waals surface area contributed by atoms with E-state index in [0.29, 0.717) is 11.6 Å². The van der Waals surface area contributed by atoms with Crippen molar-refractivity contribution >= 4 is 5.97 Å². The van der Waals surface area contributed by atoms with E-state index < -0.39 is 5.97 Å². The molecule has 0 amide bonds. The van der Waals surface area contributed by atoms with Gasteiger partial charge >= 0.3 is 5.97 Å². The highest BCUT2D eigenvalue weighted by Crippen LogP contribution is 2.36. The van der Waals surface area contributed by atoms with Gasteiger partial charge in [0.2, 0.25) is 0 Å². The summed E-state index contributed by atoms with van der Waals surface area (Å²) in [5, 5.41) is 9.20. The van der Waals surface area contributed by atoms with Gasteiger partial charge in [0.1, 0.15) is 0 Å². The second-order valence-corrected chi connectivity index (χ2v) is 5.92. The fourth-order valence-electron chi connectivity index (χ4n) is 3.66. The van der Waals surface area contributed by atoms with Gasteiger partial charge in [-0.2, -0.15) is 0 Å². The monoisotopic (exact) mass is 263 g/mol. The van der Waals surface area contributed by atoms with Crippen LogP contribution >= 0.6 is 0 Å². The van der Waals surface area contributed by atoms with E-state index in [2.05, 4.69) is 11.5 Å². The maximum Gasteiger partial charge on any atom is 0.337 e. The summed E-state index contributed by atoms with van der Waals surface area (Å²) >= 11 is 0. The summed E-state index contributed by atoms with van der Waals surface area (Å²) in [6.07, 6.45) is 7.59. The first-order valence-electron chi connectivity index (χ1n) is 7.46. The van der Waals surface area contributed by atoms with E-state index in [-0.39, 0.29) is 0 Å². The highest BCUT2D eigenvalue weighted by molar-refractivity contribution is 5.89. The van der Waals surface area contributed by atoms with Gasteiger partial charge in [0.05, 0.1) is 5.56 Å². The molecule has 3 heteroatoms. The molecular weight excluding hydrogens is 238 g/mol. The summed E-state index contributed by atoms with van der Waals surface area (Å²) in [6.45, 7) is 6.22. The number of rotatable bonds is 4. The van der Waals surface area contributed by atoms with Crippen LogP contribution in [0, 0.1) is 19.8 Å². The van der Waals surface area contributed by atoms with Gasteiger partial charge in [-0.05, 0) is 51.5 Å². The van der Waals surface area contributed by atoms with Crippen molar-refractivity contribution in [1.82, 2.24) is 4.57 Å². The molecule has 1 aromatic rings. The Morgan fingerprint density at radius 1 is 1.32 bits per heavy atom. The van der Waals surface area contributed by atoms with Gasteiger partial charge in [0, 0.05) is 17.4 Å². The highest BCUT2D eigenvalue weighted by Gasteiger charge is 2.25. The second kappa shape index (κ2) is 5.81. The van der Waals surface area contributed by atoms with E-state index in [1.807, 2.05) is 19.9 Å². The number of hydrogen-bond acceptors (Lipinski definition) is 1. The first-order chi connectivity index (χ1) is 9.04. The molecule has 1 aromatic heterocycles. The van der Waals surface area contributed by atoms with Gasteiger partial charge < -0.3 is 9.67 Å². The van der Waals surface area contributed by atoms with Crippen molar-refractivity contribution in [2.45, 2.75) is 65.3 Å². The third-order valence-electron chi connectivity index (χ3n) is 4.59. The Balaban J connectivity index is 2.13. The predicted octanol–water partition coefficient (Wildman–Crippen LogP) is 4.33. The lowest BCUT2D eigenvalue weighted by molar-refractivity contribution is 0.0695. The predicted molar refractivity (Wildman–Crippen MR) is 76.8 cm³/mol. The van der Waals surface area contributed by atoms with Crippen LogP contribution in [0.25, 0.3) is 0 Å². The first kappa shape index (κ1) is 14.2. The number of aromatic nitrogens is 1. The Hall–Kier alpha value is -1.25. The maximum atomic E-state index is 11.2. The zero-order chi connectivity index (χ0) is 14.0. The number of nitrogens with zero attached hydrogens (tertiary/aromatic N) is 1. The van der Waals surface area contributed by atoms with Gasteiger partial charge in [0.25, 0.3) is 0 Å². The van der Waals surface area contributed by atoms with Crippen LogP contribution in [-0.4, -0.2) is 15.6 Å². The van der Waals surface area contributed by atoms with Gasteiger partial charge in [-0.15, -0.1) is 0 Å². The largest absolute Gasteiger partial charge is 0.478 e. The van der Waals surface area contributed by atoms with Gasteiger partial charge in [-0.25, -0.2) is 4.79 Å². The SMILES string of the molecule is CCCC1CCC(n2c(C)cc(C(=O)O)c2C)CC1. The minimum atomic E-state index is -0.806. The molecule has 0 spiro atoms. The van der Waals surface area contributed by atoms with E-state index in [0.717, 1.165) is 17.3 Å². The Kier molecular flexibility index (Phi) is 4.33. The Labute approximate surface area is 115 Å². The lowest BCUT2D eigenvalue weighted by atomic mass is 9.83. The van der Waals surface area contributed by atoms with Gasteiger partial charge in [-0.3, -0.25) is 0 Å². The summed E-state index contributed by atoms with van der Waals surface area (Å²) in [5.41, 5.74) is 2.48. The first-order valence-corrected chi connectivity index (χ1v) is 7.46. The Morgan fingerprint density at radius 3 is 2.42 bits per heavy atom. The smallest absolute Gasteiger partial charge is 0.337 e. The van der Waals surface area contributed by atoms with Crippen molar-refractivity contribution in [2.24, 2.45) is 5.92 Å². The maximum absolute atomic E-state index is 11.2. The molecule has 0 aromatic carbocycles. The summed E-state index contributed by atoms with van der Waals surface area (Å²) in [4.78, 5) is 11.2. The van der Waals surface area contributed by atoms with Crippen molar-refractivity contribution in [3.8, 4) is 0 Å². The fraction of sp³-hybridized carbons (Fsp3) is 0.688. The second-order valence-electron chi connectivity index (χ2n) is 5.92. The molecule has 0 atom stereocenters. The van der Waals surface area contributed by atoms with Crippen molar-refractivity contribution < 1.29 is 9.90 Å². The standard InChI is InChI=1S/C16H25NO2/c1-4-5-13-6-8-14(9-7-13)17-11(2)10-15(12(17)3)16(18)19/h10,13-14H,4-9H2,1-3H3,(H,18,19). The van der Waals surface area contributed by atoms with E-state index >= 15 is 0 Å². The van der Waals surface area contributed by atoms with Crippen LogP contribution in [-0.2, 0) is 0 Å².